The molecule has 26 heavy (non-hydrogen) atoms. The Bertz CT molecular complexity index is 802. The van der Waals surface area contributed by atoms with Crippen molar-refractivity contribution >= 4 is 28.6 Å². The summed E-state index contributed by atoms with van der Waals surface area (Å²) >= 11 is 0. The van der Waals surface area contributed by atoms with Crippen LogP contribution in [0, 0.1) is 11.8 Å². The summed E-state index contributed by atoms with van der Waals surface area (Å²) in [4.78, 5) is 30.1. The van der Waals surface area contributed by atoms with E-state index in [9.17, 15) is 4.79 Å². The molecule has 138 valence electrons. The van der Waals surface area contributed by atoms with Crippen LogP contribution in [0.1, 0.15) is 32.6 Å². The summed E-state index contributed by atoms with van der Waals surface area (Å²) in [5.41, 5.74) is 6.38. The topological polar surface area (TPSA) is 88.2 Å². The third-order valence-electron chi connectivity index (χ3n) is 5.61. The van der Waals surface area contributed by atoms with Crippen molar-refractivity contribution in [3.05, 3.63) is 18.5 Å². The molecule has 1 amide bonds. The second-order valence-electron chi connectivity index (χ2n) is 7.60. The number of nitrogens with zero attached hydrogens (tertiary/aromatic N) is 5. The van der Waals surface area contributed by atoms with Crippen LogP contribution in [0.15, 0.2) is 18.5 Å². The largest absolute Gasteiger partial charge is 0.384 e. The van der Waals surface area contributed by atoms with E-state index in [4.69, 9.17) is 5.73 Å². The molecule has 7 heteroatoms. The monoisotopic (exact) mass is 354 g/mol. The third kappa shape index (κ3) is 3.30. The standard InChI is InChI=1S/C19H26N6O/c1-13-3-2-8-25(11-13)19(26)14-6-9-24(10-7-14)18-15-4-5-16(20)23-17(15)21-12-22-18/h4-5,12-14H,2-3,6-11H2,1H3,(H2,20,21,22,23). The van der Waals surface area contributed by atoms with E-state index >= 15 is 0 Å². The summed E-state index contributed by atoms with van der Waals surface area (Å²) < 4.78 is 0. The fraction of sp³-hybridized carbons (Fsp3) is 0.579. The Labute approximate surface area is 153 Å². The number of fused-ring (bicyclic) bond motifs is 1. The van der Waals surface area contributed by atoms with Gasteiger partial charge in [-0.05, 0) is 43.7 Å². The minimum atomic E-state index is 0.137. The average molecular weight is 354 g/mol. The number of carbonyl (C=O) groups excluding carboxylic acids is 1. The van der Waals surface area contributed by atoms with Crippen LogP contribution in [-0.4, -0.2) is 51.9 Å². The van der Waals surface area contributed by atoms with Gasteiger partial charge in [0.2, 0.25) is 5.91 Å². The number of amides is 1. The zero-order chi connectivity index (χ0) is 18.1. The molecule has 0 saturated carbocycles. The molecule has 2 fully saturated rings. The Morgan fingerprint density at radius 3 is 2.73 bits per heavy atom. The number of piperidine rings is 2. The van der Waals surface area contributed by atoms with Gasteiger partial charge in [-0.3, -0.25) is 4.79 Å². The fourth-order valence-corrected chi connectivity index (χ4v) is 4.18. The minimum Gasteiger partial charge on any atom is -0.384 e. The Hall–Kier alpha value is -2.44. The molecule has 4 heterocycles. The van der Waals surface area contributed by atoms with Gasteiger partial charge in [0.1, 0.15) is 18.0 Å². The molecule has 0 aliphatic carbocycles. The van der Waals surface area contributed by atoms with Crippen molar-refractivity contribution in [2.24, 2.45) is 11.8 Å². The molecule has 0 aromatic carbocycles. The first-order chi connectivity index (χ1) is 12.6. The van der Waals surface area contributed by atoms with Gasteiger partial charge < -0.3 is 15.5 Å². The maximum atomic E-state index is 12.8. The van der Waals surface area contributed by atoms with Crippen LogP contribution in [0.5, 0.6) is 0 Å². The molecule has 2 aliphatic heterocycles. The Balaban J connectivity index is 1.45. The first kappa shape index (κ1) is 17.0. The summed E-state index contributed by atoms with van der Waals surface area (Å²) in [7, 11) is 0. The molecule has 2 N–H and O–H groups in total. The Morgan fingerprint density at radius 1 is 1.15 bits per heavy atom. The van der Waals surface area contributed by atoms with E-state index in [1.54, 1.807) is 6.07 Å². The van der Waals surface area contributed by atoms with Gasteiger partial charge in [0.25, 0.3) is 0 Å². The van der Waals surface area contributed by atoms with Crippen molar-refractivity contribution in [1.82, 2.24) is 19.9 Å². The molecule has 7 nitrogen and oxygen atoms in total. The lowest BCUT2D eigenvalue weighted by Gasteiger charge is -2.37. The van der Waals surface area contributed by atoms with Crippen LogP contribution >= 0.6 is 0 Å². The van der Waals surface area contributed by atoms with Crippen LogP contribution in [0.4, 0.5) is 11.6 Å². The molecule has 2 aromatic heterocycles. The molecule has 0 radical (unpaired) electrons. The van der Waals surface area contributed by atoms with Crippen LogP contribution in [0.25, 0.3) is 11.0 Å². The van der Waals surface area contributed by atoms with E-state index in [0.717, 1.165) is 56.6 Å². The van der Waals surface area contributed by atoms with Crippen LogP contribution in [-0.2, 0) is 4.79 Å². The molecule has 4 rings (SSSR count). The highest BCUT2D eigenvalue weighted by Gasteiger charge is 2.31. The smallest absolute Gasteiger partial charge is 0.225 e. The first-order valence-electron chi connectivity index (χ1n) is 9.53. The van der Waals surface area contributed by atoms with E-state index in [-0.39, 0.29) is 5.92 Å². The van der Waals surface area contributed by atoms with Crippen molar-refractivity contribution in [3.63, 3.8) is 0 Å². The number of hydrogen-bond acceptors (Lipinski definition) is 6. The summed E-state index contributed by atoms with van der Waals surface area (Å²) in [6.07, 6.45) is 5.65. The molecule has 0 spiro atoms. The molecular formula is C19H26N6O. The van der Waals surface area contributed by atoms with Crippen LogP contribution < -0.4 is 10.6 Å². The van der Waals surface area contributed by atoms with Crippen molar-refractivity contribution < 1.29 is 4.79 Å². The maximum absolute atomic E-state index is 12.8. The van der Waals surface area contributed by atoms with Gasteiger partial charge in [-0.15, -0.1) is 0 Å². The molecule has 2 aromatic rings. The van der Waals surface area contributed by atoms with Gasteiger partial charge in [-0.2, -0.15) is 0 Å². The SMILES string of the molecule is CC1CCCN(C(=O)C2CCN(c3ncnc4nc(N)ccc34)CC2)C1. The highest BCUT2D eigenvalue weighted by Crippen LogP contribution is 2.29. The number of likely N-dealkylation sites (tertiary alicyclic amines) is 1. The van der Waals surface area contributed by atoms with E-state index in [1.807, 2.05) is 6.07 Å². The number of hydrogen-bond donors (Lipinski definition) is 1. The van der Waals surface area contributed by atoms with Crippen molar-refractivity contribution in [3.8, 4) is 0 Å². The van der Waals surface area contributed by atoms with Gasteiger partial charge in [-0.1, -0.05) is 6.92 Å². The lowest BCUT2D eigenvalue weighted by atomic mass is 9.92. The molecular weight excluding hydrogens is 328 g/mol. The summed E-state index contributed by atoms with van der Waals surface area (Å²) in [5.74, 6) is 2.46. The molecule has 1 unspecified atom stereocenters. The molecule has 2 aliphatic rings. The lowest BCUT2D eigenvalue weighted by molar-refractivity contribution is -0.137. The van der Waals surface area contributed by atoms with Crippen LogP contribution in [0.2, 0.25) is 0 Å². The van der Waals surface area contributed by atoms with E-state index in [0.29, 0.717) is 23.3 Å². The Kier molecular flexibility index (Phi) is 4.61. The number of anilines is 2. The number of nitrogens with two attached hydrogens (primary N) is 1. The van der Waals surface area contributed by atoms with Gasteiger partial charge in [0.15, 0.2) is 5.65 Å². The van der Waals surface area contributed by atoms with E-state index in [1.165, 1.54) is 12.7 Å². The quantitative estimate of drug-likeness (QED) is 0.888. The van der Waals surface area contributed by atoms with Gasteiger partial charge in [0.05, 0.1) is 5.39 Å². The van der Waals surface area contributed by atoms with Gasteiger partial charge in [0, 0.05) is 32.1 Å². The fourth-order valence-electron chi connectivity index (χ4n) is 4.18. The summed E-state index contributed by atoms with van der Waals surface area (Å²) in [6, 6.07) is 3.71. The number of carbonyl (C=O) groups is 1. The number of aromatic nitrogens is 3. The molecule has 0 bridgehead atoms. The van der Waals surface area contributed by atoms with E-state index in [2.05, 4.69) is 31.7 Å². The number of rotatable bonds is 2. The second kappa shape index (κ2) is 7.05. The van der Waals surface area contributed by atoms with Gasteiger partial charge >= 0.3 is 0 Å². The number of nitrogen functional groups attached to an aromatic ring is 1. The lowest BCUT2D eigenvalue weighted by Crippen LogP contribution is -2.46. The summed E-state index contributed by atoms with van der Waals surface area (Å²) in [6.45, 7) is 5.74. The average Bonchev–Trinajstić information content (AvgIpc) is 2.67. The van der Waals surface area contributed by atoms with Crippen molar-refractivity contribution in [1.29, 1.82) is 0 Å². The predicted molar refractivity (Wildman–Crippen MR) is 102 cm³/mol. The van der Waals surface area contributed by atoms with Gasteiger partial charge in [-0.25, -0.2) is 15.0 Å². The van der Waals surface area contributed by atoms with E-state index < -0.39 is 0 Å². The highest BCUT2D eigenvalue weighted by molar-refractivity contribution is 5.88. The minimum absolute atomic E-state index is 0.137. The maximum Gasteiger partial charge on any atom is 0.225 e. The second-order valence-corrected chi connectivity index (χ2v) is 7.60. The highest BCUT2D eigenvalue weighted by atomic mass is 16.2. The zero-order valence-electron chi connectivity index (χ0n) is 15.3. The normalized spacial score (nSPS) is 22.0. The van der Waals surface area contributed by atoms with Crippen LogP contribution in [0.3, 0.4) is 0 Å². The van der Waals surface area contributed by atoms with Crippen molar-refractivity contribution in [2.45, 2.75) is 32.6 Å². The molecule has 2 saturated heterocycles. The first-order valence-corrected chi connectivity index (χ1v) is 9.53. The summed E-state index contributed by atoms with van der Waals surface area (Å²) in [5, 5.41) is 0.913. The third-order valence-corrected chi connectivity index (χ3v) is 5.61. The van der Waals surface area contributed by atoms with Crippen molar-refractivity contribution in [2.75, 3.05) is 36.8 Å². The molecule has 1 atom stereocenters. The number of pyridine rings is 1. The predicted octanol–water partition coefficient (Wildman–Crippen LogP) is 2.08. The zero-order valence-corrected chi connectivity index (χ0v) is 15.3. The Morgan fingerprint density at radius 2 is 1.96 bits per heavy atom.